The molecule has 0 bridgehead atoms. The molecule has 2 aromatic rings. The summed E-state index contributed by atoms with van der Waals surface area (Å²) in [5, 5.41) is 0. The third-order valence-corrected chi connectivity index (χ3v) is 3.88. The van der Waals surface area contributed by atoms with E-state index >= 15 is 0 Å². The van der Waals surface area contributed by atoms with Gasteiger partial charge in [0.2, 0.25) is 5.95 Å². The van der Waals surface area contributed by atoms with Crippen LogP contribution in [0.2, 0.25) is 0 Å². The van der Waals surface area contributed by atoms with E-state index in [0.29, 0.717) is 5.95 Å². The number of hydrogen-bond acceptors (Lipinski definition) is 2. The quantitative estimate of drug-likeness (QED) is 0.795. The van der Waals surface area contributed by atoms with E-state index in [1.54, 1.807) is 0 Å². The van der Waals surface area contributed by atoms with Crippen molar-refractivity contribution in [3.05, 3.63) is 23.8 Å². The highest BCUT2D eigenvalue weighted by Gasteiger charge is 2.36. The average Bonchev–Trinajstić information content (AvgIpc) is 2.53. The fraction of sp³-hybridized carbons (Fsp3) is 0.462. The predicted octanol–water partition coefficient (Wildman–Crippen LogP) is 2.83. The van der Waals surface area contributed by atoms with E-state index in [9.17, 15) is 0 Å². The molecule has 0 atom stereocenters. The zero-order valence-electron chi connectivity index (χ0n) is 9.83. The number of nitrogens with zero attached hydrogens (tertiary/aromatic N) is 2. The Bertz CT molecular complexity index is 550. The van der Waals surface area contributed by atoms with Crippen molar-refractivity contribution in [1.82, 2.24) is 9.55 Å². The highest BCUT2D eigenvalue weighted by molar-refractivity contribution is 5.81. The summed E-state index contributed by atoms with van der Waals surface area (Å²) in [5.74, 6) is 0.659. The zero-order chi connectivity index (χ0) is 11.3. The van der Waals surface area contributed by atoms with E-state index < -0.39 is 0 Å². The van der Waals surface area contributed by atoms with Gasteiger partial charge in [0.05, 0.1) is 11.0 Å². The van der Waals surface area contributed by atoms with E-state index in [1.165, 1.54) is 30.3 Å². The fourth-order valence-electron chi connectivity index (χ4n) is 2.74. The maximum Gasteiger partial charge on any atom is 0.201 e. The number of rotatable bonds is 1. The highest BCUT2D eigenvalue weighted by Crippen LogP contribution is 2.42. The molecule has 2 N–H and O–H groups in total. The van der Waals surface area contributed by atoms with Crippen LogP contribution in [0.3, 0.4) is 0 Å². The summed E-state index contributed by atoms with van der Waals surface area (Å²) in [4.78, 5) is 4.50. The van der Waals surface area contributed by atoms with E-state index in [2.05, 4.69) is 41.6 Å². The molecule has 16 heavy (non-hydrogen) atoms. The van der Waals surface area contributed by atoms with E-state index in [1.807, 2.05) is 0 Å². The van der Waals surface area contributed by atoms with Gasteiger partial charge in [-0.1, -0.05) is 12.1 Å². The number of aryl methyl sites for hydroxylation is 1. The first-order valence-electron chi connectivity index (χ1n) is 5.86. The lowest BCUT2D eigenvalue weighted by atomic mass is 9.78. The molecule has 3 rings (SSSR count). The predicted molar refractivity (Wildman–Crippen MR) is 66.4 cm³/mol. The van der Waals surface area contributed by atoms with Gasteiger partial charge in [0.25, 0.3) is 0 Å². The van der Waals surface area contributed by atoms with Gasteiger partial charge in [-0.05, 0) is 44.7 Å². The molecular formula is C13H17N3. The Morgan fingerprint density at radius 3 is 2.75 bits per heavy atom. The Morgan fingerprint density at radius 2 is 2.12 bits per heavy atom. The van der Waals surface area contributed by atoms with Gasteiger partial charge < -0.3 is 10.3 Å². The smallest absolute Gasteiger partial charge is 0.201 e. The Hall–Kier alpha value is -1.51. The first-order chi connectivity index (χ1) is 7.62. The van der Waals surface area contributed by atoms with Crippen LogP contribution in [0.1, 0.15) is 31.7 Å². The zero-order valence-corrected chi connectivity index (χ0v) is 9.83. The Kier molecular flexibility index (Phi) is 1.82. The molecular weight excluding hydrogens is 198 g/mol. The van der Waals surface area contributed by atoms with Crippen LogP contribution in [0.25, 0.3) is 11.0 Å². The highest BCUT2D eigenvalue weighted by atomic mass is 15.2. The number of hydrogen-bond donors (Lipinski definition) is 1. The van der Waals surface area contributed by atoms with E-state index in [0.717, 1.165) is 5.52 Å². The molecule has 0 saturated heterocycles. The van der Waals surface area contributed by atoms with Crippen LogP contribution in [0.5, 0.6) is 0 Å². The second-order valence-electron chi connectivity index (χ2n) is 5.10. The molecule has 0 aliphatic heterocycles. The molecule has 3 nitrogen and oxygen atoms in total. The van der Waals surface area contributed by atoms with Crippen LogP contribution in [0.15, 0.2) is 18.2 Å². The van der Waals surface area contributed by atoms with Gasteiger partial charge >= 0.3 is 0 Å². The van der Waals surface area contributed by atoms with Gasteiger partial charge in [0.15, 0.2) is 0 Å². The molecule has 1 aliphatic rings. The van der Waals surface area contributed by atoms with Crippen molar-refractivity contribution in [2.24, 2.45) is 0 Å². The van der Waals surface area contributed by atoms with Gasteiger partial charge in [-0.15, -0.1) is 0 Å². The summed E-state index contributed by atoms with van der Waals surface area (Å²) in [6.07, 6.45) is 3.70. The van der Waals surface area contributed by atoms with Crippen molar-refractivity contribution in [3.63, 3.8) is 0 Å². The minimum atomic E-state index is 0.187. The number of para-hydroxylation sites is 1. The van der Waals surface area contributed by atoms with Crippen LogP contribution in [0.4, 0.5) is 5.95 Å². The lowest BCUT2D eigenvalue weighted by molar-refractivity contribution is 0.177. The Morgan fingerprint density at radius 1 is 1.38 bits per heavy atom. The largest absolute Gasteiger partial charge is 0.369 e. The normalized spacial score (nSPS) is 18.6. The summed E-state index contributed by atoms with van der Waals surface area (Å²) in [5.41, 5.74) is 9.69. The first-order valence-corrected chi connectivity index (χ1v) is 5.86. The third kappa shape index (κ3) is 1.11. The topological polar surface area (TPSA) is 43.8 Å². The second-order valence-corrected chi connectivity index (χ2v) is 5.10. The van der Waals surface area contributed by atoms with Crippen molar-refractivity contribution < 1.29 is 0 Å². The molecule has 1 aliphatic carbocycles. The fourth-order valence-corrected chi connectivity index (χ4v) is 2.74. The number of benzene rings is 1. The lowest BCUT2D eigenvalue weighted by Crippen LogP contribution is -2.37. The van der Waals surface area contributed by atoms with Crippen molar-refractivity contribution in [1.29, 1.82) is 0 Å². The first kappa shape index (κ1) is 9.70. The van der Waals surface area contributed by atoms with Crippen LogP contribution < -0.4 is 5.73 Å². The summed E-state index contributed by atoms with van der Waals surface area (Å²) >= 11 is 0. The van der Waals surface area contributed by atoms with Crippen LogP contribution in [0, 0.1) is 6.92 Å². The van der Waals surface area contributed by atoms with Gasteiger partial charge in [-0.2, -0.15) is 0 Å². The molecule has 1 heterocycles. The summed E-state index contributed by atoms with van der Waals surface area (Å²) < 4.78 is 2.22. The van der Waals surface area contributed by atoms with Crippen molar-refractivity contribution in [2.45, 2.75) is 38.6 Å². The number of anilines is 1. The maximum absolute atomic E-state index is 6.07. The minimum absolute atomic E-state index is 0.187. The molecule has 3 heteroatoms. The number of nitrogens with two attached hydrogens (primary N) is 1. The Balaban J connectivity index is 2.32. The number of imidazole rings is 1. The van der Waals surface area contributed by atoms with Gasteiger partial charge in [0.1, 0.15) is 0 Å². The van der Waals surface area contributed by atoms with Crippen LogP contribution in [-0.4, -0.2) is 9.55 Å². The van der Waals surface area contributed by atoms with Crippen molar-refractivity contribution in [3.8, 4) is 0 Å². The van der Waals surface area contributed by atoms with E-state index in [4.69, 9.17) is 5.73 Å². The molecule has 84 valence electrons. The van der Waals surface area contributed by atoms with Crippen LogP contribution in [-0.2, 0) is 5.54 Å². The number of fused-ring (bicyclic) bond motifs is 1. The standard InChI is InChI=1S/C13H17N3/c1-9-5-3-6-10-11(9)15-12(14)16(10)13(2)7-4-8-13/h3,5-6H,4,7-8H2,1-2H3,(H2,14,15). The molecule has 1 aromatic heterocycles. The minimum Gasteiger partial charge on any atom is -0.369 e. The molecule has 0 radical (unpaired) electrons. The van der Waals surface area contributed by atoms with Gasteiger partial charge in [0, 0.05) is 5.54 Å². The van der Waals surface area contributed by atoms with E-state index in [-0.39, 0.29) is 5.54 Å². The molecule has 0 spiro atoms. The van der Waals surface area contributed by atoms with Crippen molar-refractivity contribution >= 4 is 17.0 Å². The Labute approximate surface area is 95.3 Å². The molecule has 1 saturated carbocycles. The molecule has 0 unspecified atom stereocenters. The average molecular weight is 215 g/mol. The lowest BCUT2D eigenvalue weighted by Gasteiger charge is -2.40. The third-order valence-electron chi connectivity index (χ3n) is 3.88. The van der Waals surface area contributed by atoms with Crippen LogP contribution >= 0.6 is 0 Å². The summed E-state index contributed by atoms with van der Waals surface area (Å²) in [6.45, 7) is 4.36. The van der Waals surface area contributed by atoms with Gasteiger partial charge in [-0.3, -0.25) is 0 Å². The SMILES string of the molecule is Cc1cccc2c1nc(N)n2C1(C)CCC1. The van der Waals surface area contributed by atoms with Gasteiger partial charge in [-0.25, -0.2) is 4.98 Å². The number of aromatic nitrogens is 2. The molecule has 1 aromatic carbocycles. The summed E-state index contributed by atoms with van der Waals surface area (Å²) in [7, 11) is 0. The second kappa shape index (κ2) is 3.00. The molecule has 1 fully saturated rings. The maximum atomic E-state index is 6.07. The monoisotopic (exact) mass is 215 g/mol. The summed E-state index contributed by atoms with van der Waals surface area (Å²) in [6, 6.07) is 6.29. The number of nitrogen functional groups attached to an aromatic ring is 1. The molecule has 0 amide bonds. The van der Waals surface area contributed by atoms with Crippen molar-refractivity contribution in [2.75, 3.05) is 5.73 Å².